The van der Waals surface area contributed by atoms with E-state index in [-0.39, 0.29) is 24.5 Å². The lowest BCUT2D eigenvalue weighted by atomic mass is 10.1. The first-order valence-electron chi connectivity index (χ1n) is 14.8. The summed E-state index contributed by atoms with van der Waals surface area (Å²) in [6, 6.07) is 9.53. The van der Waals surface area contributed by atoms with Gasteiger partial charge in [-0.2, -0.15) is 10.4 Å². The van der Waals surface area contributed by atoms with Gasteiger partial charge in [-0.1, -0.05) is 6.92 Å². The fourth-order valence-electron chi connectivity index (χ4n) is 5.16. The number of fused-ring (bicyclic) bond motifs is 1. The molecule has 13 heteroatoms. The number of nitrogens with two attached hydrogens (primary N) is 2. The molecule has 0 radical (unpaired) electrons. The Morgan fingerprint density at radius 2 is 1.95 bits per heavy atom. The standard InChI is InChI=1S/C21H37N7O3.C9H12N2O/c1-7-12-28(17-10-8-16(9-11-17)19(25-22)26-23)18(29)14-27(6)13-15(2)24-20(30)31-21(3,4)5;10-5-8-3-1-2-7-4-9(7)11(8)6-12/h8-11,15H,7,12-14,22-23H2,1-6H3,(H,24,30)(H,25,26);6-9H,1-4H2. The summed E-state index contributed by atoms with van der Waals surface area (Å²) in [4.78, 5) is 40.9. The number of benzene rings is 1. The largest absolute Gasteiger partial charge is 0.444 e. The van der Waals surface area contributed by atoms with E-state index in [2.05, 4.69) is 21.9 Å². The number of nitrogens with zero attached hydrogens (tertiary/aromatic N) is 5. The van der Waals surface area contributed by atoms with Crippen molar-refractivity contribution in [3.8, 4) is 6.07 Å². The third-order valence-electron chi connectivity index (χ3n) is 7.17. The number of anilines is 1. The molecule has 1 saturated heterocycles. The van der Waals surface area contributed by atoms with Crippen molar-refractivity contribution in [2.24, 2.45) is 22.7 Å². The molecule has 1 aromatic carbocycles. The van der Waals surface area contributed by atoms with Gasteiger partial charge in [-0.25, -0.2) is 10.6 Å². The van der Waals surface area contributed by atoms with E-state index < -0.39 is 11.7 Å². The number of hydrogen-bond acceptors (Lipinski definition) is 9. The predicted molar refractivity (Wildman–Crippen MR) is 167 cm³/mol. The maximum absolute atomic E-state index is 13.0. The minimum absolute atomic E-state index is 0.0359. The number of hydrazone groups is 1. The van der Waals surface area contributed by atoms with Crippen LogP contribution in [0.3, 0.4) is 0 Å². The fraction of sp³-hybridized carbons (Fsp3) is 0.633. The van der Waals surface area contributed by atoms with E-state index in [4.69, 9.17) is 21.7 Å². The number of carbonyl (C=O) groups is 3. The Balaban J connectivity index is 0.000000440. The van der Waals surface area contributed by atoms with Gasteiger partial charge in [0.2, 0.25) is 12.3 Å². The van der Waals surface area contributed by atoms with Crippen molar-refractivity contribution in [1.29, 1.82) is 5.26 Å². The number of likely N-dealkylation sites (N-methyl/N-ethyl adjacent to an activating group) is 1. The molecule has 2 fully saturated rings. The normalized spacial score (nSPS) is 20.3. The smallest absolute Gasteiger partial charge is 0.407 e. The minimum Gasteiger partial charge on any atom is -0.444 e. The van der Waals surface area contributed by atoms with Crippen LogP contribution in [0.5, 0.6) is 0 Å². The highest BCUT2D eigenvalue weighted by molar-refractivity contribution is 5.99. The number of rotatable bonds is 10. The van der Waals surface area contributed by atoms with Crippen LogP contribution in [0, 0.1) is 17.2 Å². The Morgan fingerprint density at radius 1 is 1.28 bits per heavy atom. The molecule has 43 heavy (non-hydrogen) atoms. The Bertz CT molecular complexity index is 1130. The molecule has 238 valence electrons. The van der Waals surface area contributed by atoms with Crippen LogP contribution in [0.4, 0.5) is 10.5 Å². The summed E-state index contributed by atoms with van der Waals surface area (Å²) in [6.45, 7) is 10.6. The van der Waals surface area contributed by atoms with Crippen molar-refractivity contribution in [3.63, 3.8) is 0 Å². The molecule has 3 amide bonds. The summed E-state index contributed by atoms with van der Waals surface area (Å²) in [5.41, 5.74) is 3.37. The van der Waals surface area contributed by atoms with Gasteiger partial charge in [0.05, 0.1) is 12.6 Å². The Hall–Kier alpha value is -3.89. The van der Waals surface area contributed by atoms with Crippen LogP contribution in [-0.4, -0.2) is 84.5 Å². The number of ether oxygens (including phenoxy) is 1. The first-order valence-corrected chi connectivity index (χ1v) is 14.8. The molecule has 1 aromatic rings. The molecule has 2 aliphatic rings. The van der Waals surface area contributed by atoms with Gasteiger partial charge < -0.3 is 31.1 Å². The average Bonchev–Trinajstić information content (AvgIpc) is 3.71. The van der Waals surface area contributed by atoms with E-state index in [9.17, 15) is 14.4 Å². The van der Waals surface area contributed by atoms with Crippen molar-refractivity contribution in [3.05, 3.63) is 29.8 Å². The Labute approximate surface area is 255 Å². The van der Waals surface area contributed by atoms with Crippen LogP contribution in [-0.2, 0) is 14.3 Å². The number of nitriles is 1. The highest BCUT2D eigenvalue weighted by atomic mass is 16.6. The number of nitrogens with one attached hydrogen (secondary N) is 2. The highest BCUT2D eigenvalue weighted by Crippen LogP contribution is 2.43. The van der Waals surface area contributed by atoms with Crippen LogP contribution in [0.25, 0.3) is 0 Å². The molecule has 1 heterocycles. The predicted octanol–water partition coefficient (Wildman–Crippen LogP) is 2.27. The zero-order chi connectivity index (χ0) is 32.2. The maximum Gasteiger partial charge on any atom is 0.407 e. The summed E-state index contributed by atoms with van der Waals surface area (Å²) in [6.07, 6.45) is 5.48. The van der Waals surface area contributed by atoms with Gasteiger partial charge in [-0.3, -0.25) is 14.5 Å². The lowest BCUT2D eigenvalue weighted by Gasteiger charge is -2.27. The lowest BCUT2D eigenvalue weighted by Crippen LogP contribution is -2.46. The van der Waals surface area contributed by atoms with Crippen molar-refractivity contribution in [2.45, 2.75) is 90.4 Å². The van der Waals surface area contributed by atoms with Crippen LogP contribution in [0.15, 0.2) is 29.4 Å². The summed E-state index contributed by atoms with van der Waals surface area (Å²) in [5.74, 6) is 11.7. The van der Waals surface area contributed by atoms with Crippen LogP contribution >= 0.6 is 0 Å². The van der Waals surface area contributed by atoms with Gasteiger partial charge in [0.15, 0.2) is 5.84 Å². The molecule has 1 saturated carbocycles. The van der Waals surface area contributed by atoms with Crippen molar-refractivity contribution in [1.82, 2.24) is 20.5 Å². The average molecular weight is 600 g/mol. The second-order valence-electron chi connectivity index (χ2n) is 12.1. The molecule has 3 rings (SSSR count). The van der Waals surface area contributed by atoms with Gasteiger partial charge in [-0.15, -0.1) is 0 Å². The number of hydrogen-bond donors (Lipinski definition) is 4. The van der Waals surface area contributed by atoms with Crippen molar-refractivity contribution < 1.29 is 19.1 Å². The molecule has 1 aliphatic heterocycles. The first kappa shape index (κ1) is 35.3. The Kier molecular flexibility index (Phi) is 13.7. The molecule has 0 aromatic heterocycles. The molecule has 0 bridgehead atoms. The lowest BCUT2D eigenvalue weighted by molar-refractivity contribution is -0.120. The topological polar surface area (TPSA) is 182 Å². The summed E-state index contributed by atoms with van der Waals surface area (Å²) < 4.78 is 5.27. The molecule has 13 nitrogen and oxygen atoms in total. The zero-order valence-corrected chi connectivity index (χ0v) is 26.4. The summed E-state index contributed by atoms with van der Waals surface area (Å²) >= 11 is 0. The van der Waals surface area contributed by atoms with E-state index in [1.165, 1.54) is 6.42 Å². The van der Waals surface area contributed by atoms with Crippen molar-refractivity contribution >= 4 is 29.9 Å². The van der Waals surface area contributed by atoms with Gasteiger partial charge in [0.25, 0.3) is 0 Å². The summed E-state index contributed by atoms with van der Waals surface area (Å²) in [5, 5.41) is 15.2. The molecule has 4 atom stereocenters. The number of alkyl carbamates (subject to hydrolysis) is 1. The molecule has 1 aliphatic carbocycles. The third kappa shape index (κ3) is 11.4. The molecule has 0 spiro atoms. The second kappa shape index (κ2) is 16.7. The molecular formula is C30H49N9O4. The number of amides is 3. The van der Waals surface area contributed by atoms with Crippen LogP contribution in [0.2, 0.25) is 0 Å². The highest BCUT2D eigenvalue weighted by Gasteiger charge is 2.45. The molecular weight excluding hydrogens is 550 g/mol. The first-order chi connectivity index (χ1) is 20.4. The minimum atomic E-state index is -0.557. The maximum atomic E-state index is 13.0. The van der Waals surface area contributed by atoms with E-state index in [1.807, 2.05) is 58.7 Å². The monoisotopic (exact) mass is 599 g/mol. The fourth-order valence-corrected chi connectivity index (χ4v) is 5.16. The quantitative estimate of drug-likeness (QED) is 0.103. The zero-order valence-electron chi connectivity index (χ0n) is 26.4. The number of hydrazine groups is 1. The van der Waals surface area contributed by atoms with E-state index >= 15 is 0 Å². The number of amidine groups is 1. The van der Waals surface area contributed by atoms with Gasteiger partial charge in [0.1, 0.15) is 11.6 Å². The number of carbonyl (C=O) groups excluding carboxylic acids is 3. The van der Waals surface area contributed by atoms with Crippen LogP contribution < -0.4 is 27.3 Å². The molecule has 4 unspecified atom stereocenters. The SMILES string of the molecule is CCCN(C(=O)CN(C)CC(C)NC(=O)OC(C)(C)C)c1ccc(/C(=N/N)NN)cc1.N#CC1CCCC2CC2N1C=O. The Morgan fingerprint density at radius 3 is 2.49 bits per heavy atom. The van der Waals surface area contributed by atoms with E-state index in [1.54, 1.807) is 21.9 Å². The molecule has 6 N–H and O–H groups in total. The van der Waals surface area contributed by atoms with Crippen molar-refractivity contribution in [2.75, 3.05) is 31.6 Å². The number of likely N-dealkylation sites (tertiary alicyclic amines) is 1. The van der Waals surface area contributed by atoms with E-state index in [0.29, 0.717) is 30.9 Å². The van der Waals surface area contributed by atoms with Gasteiger partial charge in [-0.05, 0) is 97.0 Å². The second-order valence-corrected chi connectivity index (χ2v) is 12.1. The van der Waals surface area contributed by atoms with Gasteiger partial charge >= 0.3 is 6.09 Å². The summed E-state index contributed by atoms with van der Waals surface area (Å²) in [7, 11) is 1.84. The van der Waals surface area contributed by atoms with Crippen LogP contribution in [0.1, 0.15) is 72.3 Å². The van der Waals surface area contributed by atoms with E-state index in [0.717, 1.165) is 43.3 Å². The third-order valence-corrected chi connectivity index (χ3v) is 7.17. The van der Waals surface area contributed by atoms with Gasteiger partial charge in [0, 0.05) is 36.4 Å².